The minimum atomic E-state index is -1.54. The number of aromatic nitrogens is 2. The molecule has 0 fully saturated rings. The van der Waals surface area contributed by atoms with Crippen LogP contribution in [-0.2, 0) is 29.2 Å². The van der Waals surface area contributed by atoms with E-state index in [9.17, 15) is 19.1 Å². The van der Waals surface area contributed by atoms with Crippen LogP contribution in [0.5, 0.6) is 5.75 Å². The number of nitrogens with one attached hydrogen (secondary N) is 1. The number of fused-ring (bicyclic) bond motifs is 5. The number of hydrogen-bond donors (Lipinski definition) is 2. The first-order valence-electron chi connectivity index (χ1n) is 12.2. The molecule has 0 saturated heterocycles. The molecule has 2 aromatic heterocycles. The summed E-state index contributed by atoms with van der Waals surface area (Å²) in [5.41, 5.74) is 3.17. The third-order valence-corrected chi connectivity index (χ3v) is 7.33. The molecule has 0 spiro atoms. The Balaban J connectivity index is 0.00000144. The number of nitrogens with zero attached hydrogens (tertiary/aromatic N) is 2. The summed E-state index contributed by atoms with van der Waals surface area (Å²) in [5, 5.41) is 11.1. The first kappa shape index (κ1) is 25.9. The van der Waals surface area contributed by atoms with Gasteiger partial charge in [-0.25, -0.2) is 14.2 Å². The highest BCUT2D eigenvalue weighted by Crippen LogP contribution is 2.39. The molecule has 1 unspecified atom stereocenters. The number of benzene rings is 2. The highest BCUT2D eigenvalue weighted by Gasteiger charge is 2.34. The molecule has 10 heteroatoms. The second-order valence-corrected chi connectivity index (χ2v) is 9.49. The van der Waals surface area contributed by atoms with Gasteiger partial charge in [0, 0.05) is 34.0 Å². The summed E-state index contributed by atoms with van der Waals surface area (Å²) in [4.78, 5) is 31.0. The van der Waals surface area contributed by atoms with Crippen molar-refractivity contribution in [3.8, 4) is 17.1 Å². The first-order valence-corrected chi connectivity index (χ1v) is 13.0. The van der Waals surface area contributed by atoms with E-state index in [1.165, 1.54) is 25.1 Å². The molecule has 196 valence electrons. The summed E-state index contributed by atoms with van der Waals surface area (Å²) < 4.78 is 29.7. The van der Waals surface area contributed by atoms with Crippen molar-refractivity contribution in [1.82, 2.24) is 14.3 Å². The Kier molecular flexibility index (Phi) is 7.20. The monoisotopic (exact) mass is 535 g/mol. The Morgan fingerprint density at radius 3 is 2.68 bits per heavy atom. The van der Waals surface area contributed by atoms with E-state index in [2.05, 4.69) is 4.72 Å². The van der Waals surface area contributed by atoms with Crippen LogP contribution in [-0.4, -0.2) is 27.7 Å². The van der Waals surface area contributed by atoms with Crippen molar-refractivity contribution in [3.63, 3.8) is 0 Å². The number of cyclic esters (lactones) is 1. The number of rotatable bonds is 5. The number of aliphatic hydroxyl groups is 1. The second-order valence-electron chi connectivity index (χ2n) is 8.52. The Morgan fingerprint density at radius 2 is 1.95 bits per heavy atom. The third-order valence-electron chi connectivity index (χ3n) is 6.53. The molecule has 38 heavy (non-hydrogen) atoms. The van der Waals surface area contributed by atoms with Gasteiger partial charge in [0.2, 0.25) is 0 Å². The van der Waals surface area contributed by atoms with E-state index in [1.54, 1.807) is 16.7 Å². The van der Waals surface area contributed by atoms with E-state index in [1.807, 2.05) is 44.2 Å². The number of aliphatic hydroxyl groups excluding tert-OH is 1. The van der Waals surface area contributed by atoms with E-state index in [0.717, 1.165) is 16.0 Å². The number of methoxy groups -OCH3 is 1. The van der Waals surface area contributed by atoms with E-state index < -0.39 is 17.9 Å². The molecule has 0 amide bonds. The van der Waals surface area contributed by atoms with Gasteiger partial charge in [0.1, 0.15) is 6.61 Å². The molecule has 2 N–H and O–H groups in total. The average Bonchev–Trinajstić information content (AvgIpc) is 3.30. The normalized spacial score (nSPS) is 15.2. The van der Waals surface area contributed by atoms with Crippen LogP contribution in [0.15, 0.2) is 58.2 Å². The van der Waals surface area contributed by atoms with Crippen molar-refractivity contribution in [2.24, 2.45) is 0 Å². The van der Waals surface area contributed by atoms with Crippen LogP contribution in [0.2, 0.25) is 0 Å². The van der Waals surface area contributed by atoms with Crippen molar-refractivity contribution < 1.29 is 23.8 Å². The highest BCUT2D eigenvalue weighted by atomic mass is 32.2. The molecule has 2 aromatic carbocycles. The van der Waals surface area contributed by atoms with Crippen molar-refractivity contribution in [2.45, 2.75) is 44.5 Å². The van der Waals surface area contributed by atoms with Crippen LogP contribution in [0.3, 0.4) is 0 Å². The van der Waals surface area contributed by atoms with Crippen molar-refractivity contribution in [2.75, 3.05) is 7.11 Å². The summed E-state index contributed by atoms with van der Waals surface area (Å²) in [5.74, 6) is -1.24. The summed E-state index contributed by atoms with van der Waals surface area (Å²) in [6.07, 6.45) is -1.54. The Morgan fingerprint density at radius 1 is 1.18 bits per heavy atom. The smallest absolute Gasteiger partial charge is 0.340 e. The van der Waals surface area contributed by atoms with Crippen LogP contribution in [0.1, 0.15) is 42.2 Å². The van der Waals surface area contributed by atoms with E-state index >= 15 is 0 Å². The molecule has 0 bridgehead atoms. The van der Waals surface area contributed by atoms with Crippen LogP contribution < -0.4 is 15.0 Å². The van der Waals surface area contributed by atoms with Crippen LogP contribution in [0.4, 0.5) is 4.39 Å². The number of carbonyl (C=O) groups is 1. The van der Waals surface area contributed by atoms with Gasteiger partial charge in [-0.05, 0) is 41.8 Å². The van der Waals surface area contributed by atoms with Gasteiger partial charge in [-0.3, -0.25) is 9.52 Å². The minimum absolute atomic E-state index is 0.100. The zero-order chi connectivity index (χ0) is 27.0. The maximum absolute atomic E-state index is 14.6. The van der Waals surface area contributed by atoms with Crippen molar-refractivity contribution in [3.05, 3.63) is 87.0 Å². The number of carbonyl (C=O) groups excluding carboxylic acids is 1. The zero-order valence-electron chi connectivity index (χ0n) is 21.1. The maximum atomic E-state index is 14.6. The van der Waals surface area contributed by atoms with Gasteiger partial charge in [-0.15, -0.1) is 0 Å². The van der Waals surface area contributed by atoms with Gasteiger partial charge in [-0.2, -0.15) is 0 Å². The Labute approximate surface area is 222 Å². The summed E-state index contributed by atoms with van der Waals surface area (Å²) >= 11 is 1.46. The molecule has 6 rings (SSSR count). The van der Waals surface area contributed by atoms with Crippen LogP contribution in [0.25, 0.3) is 22.3 Å². The predicted octanol–water partition coefficient (Wildman–Crippen LogP) is 4.49. The fraction of sp³-hybridized carbons (Fsp3) is 0.250. The Hall–Kier alpha value is -3.73. The van der Waals surface area contributed by atoms with Gasteiger partial charge >= 0.3 is 5.97 Å². The van der Waals surface area contributed by atoms with E-state index in [4.69, 9.17) is 14.5 Å². The van der Waals surface area contributed by atoms with Crippen LogP contribution in [0, 0.1) is 5.82 Å². The summed E-state index contributed by atoms with van der Waals surface area (Å²) in [6, 6.07) is 14.4. The lowest BCUT2D eigenvalue weighted by atomic mass is 9.98. The molecule has 0 aliphatic carbocycles. The molecule has 1 atom stereocenters. The number of hydrogen-bond acceptors (Lipinski definition) is 8. The van der Waals surface area contributed by atoms with Gasteiger partial charge in [0.05, 0.1) is 36.1 Å². The first-order chi connectivity index (χ1) is 18.5. The van der Waals surface area contributed by atoms with Gasteiger partial charge in [-0.1, -0.05) is 32.0 Å². The lowest BCUT2D eigenvalue weighted by molar-refractivity contribution is -0.157. The lowest BCUT2D eigenvalue weighted by Gasteiger charge is -2.21. The highest BCUT2D eigenvalue weighted by molar-refractivity contribution is 7.97. The van der Waals surface area contributed by atoms with Gasteiger partial charge in [0.15, 0.2) is 17.7 Å². The molecule has 2 aliphatic heterocycles. The van der Waals surface area contributed by atoms with Gasteiger partial charge in [0.25, 0.3) is 5.56 Å². The molecule has 4 heterocycles. The summed E-state index contributed by atoms with van der Waals surface area (Å²) in [7, 11) is 1.41. The number of esters is 1. The second kappa shape index (κ2) is 10.6. The predicted molar refractivity (Wildman–Crippen MR) is 142 cm³/mol. The van der Waals surface area contributed by atoms with Gasteiger partial charge < -0.3 is 19.1 Å². The maximum Gasteiger partial charge on any atom is 0.340 e. The number of halogens is 1. The quantitative estimate of drug-likeness (QED) is 0.251. The standard InChI is InChI=1S/C26H20FN3O5S.C2H6/c1-34-22-8-14-16(10-28-36-13-5-3-2-4-6-13)17-11-30-21(23(17)29-20(14)9-19(22)27)7-15-18(25(30)32)12-35-26(33)24(15)31;1-2/h2-9,24,28,31H,10-12H2,1H3;1-2H3. The molecule has 4 aromatic rings. The van der Waals surface area contributed by atoms with Crippen molar-refractivity contribution in [1.29, 1.82) is 0 Å². The molecule has 8 nitrogen and oxygen atoms in total. The molecular weight excluding hydrogens is 509 g/mol. The third kappa shape index (κ3) is 4.34. The molecule has 0 saturated carbocycles. The lowest BCUT2D eigenvalue weighted by Crippen LogP contribution is -2.32. The Bertz CT molecular complexity index is 1610. The zero-order valence-corrected chi connectivity index (χ0v) is 21.9. The SMILES string of the molecule is CC.COc1cc2c(CNSc3ccccc3)c3c(nc2cc1F)-c1cc2c(c(=O)n1C3)COC(=O)C2O. The number of ether oxygens (including phenoxy) is 2. The van der Waals surface area contributed by atoms with Crippen LogP contribution >= 0.6 is 11.9 Å². The van der Waals surface area contributed by atoms with E-state index in [0.29, 0.717) is 28.8 Å². The topological polar surface area (TPSA) is 103 Å². The molecule has 2 aliphatic rings. The minimum Gasteiger partial charge on any atom is -0.494 e. The van der Waals surface area contributed by atoms with Crippen molar-refractivity contribution >= 4 is 28.8 Å². The molecule has 0 radical (unpaired) electrons. The molecular formula is C28H26FN3O5S. The number of pyridine rings is 2. The largest absolute Gasteiger partial charge is 0.494 e. The van der Waals surface area contributed by atoms with E-state index in [-0.39, 0.29) is 35.6 Å². The summed E-state index contributed by atoms with van der Waals surface area (Å²) in [6.45, 7) is 4.46. The fourth-order valence-electron chi connectivity index (χ4n) is 4.75. The fourth-order valence-corrected chi connectivity index (χ4v) is 5.43. The average molecular weight is 536 g/mol.